The number of unbranched alkanes of at least 4 members (excludes halogenated alkanes) is 1. The third kappa shape index (κ3) is 3.63. The van der Waals surface area contributed by atoms with Crippen molar-refractivity contribution < 1.29 is 4.39 Å². The summed E-state index contributed by atoms with van der Waals surface area (Å²) in [4.78, 5) is 2.07. The highest BCUT2D eigenvalue weighted by Gasteiger charge is 2.06. The molecular weight excluding hydrogens is 203 g/mol. The zero-order chi connectivity index (χ0) is 12.0. The van der Waals surface area contributed by atoms with Gasteiger partial charge in [-0.25, -0.2) is 4.39 Å². The summed E-state index contributed by atoms with van der Waals surface area (Å²) >= 11 is 0. The molecule has 1 aromatic rings. The van der Waals surface area contributed by atoms with E-state index in [1.807, 2.05) is 13.1 Å². The number of hydrogen-bond acceptors (Lipinski definition) is 2. The van der Waals surface area contributed by atoms with Gasteiger partial charge in [0, 0.05) is 12.1 Å². The van der Waals surface area contributed by atoms with Crippen LogP contribution in [0.25, 0.3) is 0 Å². The van der Waals surface area contributed by atoms with Crippen LogP contribution in [-0.2, 0) is 6.54 Å². The largest absolute Gasteiger partial charge is 0.302 e. The van der Waals surface area contributed by atoms with Crippen molar-refractivity contribution in [2.45, 2.75) is 26.3 Å². The van der Waals surface area contributed by atoms with Crippen molar-refractivity contribution in [2.24, 2.45) is 0 Å². The van der Waals surface area contributed by atoms with E-state index >= 15 is 0 Å². The van der Waals surface area contributed by atoms with Crippen molar-refractivity contribution in [1.82, 2.24) is 4.90 Å². The standard InChI is InChI=1S/C13H17FN2/c1-3-4-7-16(2)10-12-8-11(9-15)5-6-13(12)14/h5-6,8H,3-4,7,10H2,1-2H3. The first-order chi connectivity index (χ1) is 7.67. The van der Waals surface area contributed by atoms with Crippen molar-refractivity contribution in [3.05, 3.63) is 35.1 Å². The lowest BCUT2D eigenvalue weighted by Crippen LogP contribution is -2.19. The second-order valence-corrected chi connectivity index (χ2v) is 4.01. The molecular formula is C13H17FN2. The molecule has 0 spiro atoms. The summed E-state index contributed by atoms with van der Waals surface area (Å²) in [5, 5.41) is 8.74. The zero-order valence-corrected chi connectivity index (χ0v) is 9.83. The molecule has 0 N–H and O–H groups in total. The van der Waals surface area contributed by atoms with Gasteiger partial charge in [-0.15, -0.1) is 0 Å². The van der Waals surface area contributed by atoms with Crippen LogP contribution in [0, 0.1) is 17.1 Å². The Bertz CT molecular complexity index is 382. The average molecular weight is 220 g/mol. The first-order valence-electron chi connectivity index (χ1n) is 5.54. The molecule has 0 heterocycles. The van der Waals surface area contributed by atoms with Crippen molar-refractivity contribution in [3.63, 3.8) is 0 Å². The fourth-order valence-electron chi connectivity index (χ4n) is 1.56. The van der Waals surface area contributed by atoms with Crippen LogP contribution in [0.3, 0.4) is 0 Å². The normalized spacial score (nSPS) is 10.4. The molecule has 0 aromatic heterocycles. The maximum Gasteiger partial charge on any atom is 0.127 e. The molecule has 0 bridgehead atoms. The van der Waals surface area contributed by atoms with E-state index in [2.05, 4.69) is 11.8 Å². The summed E-state index contributed by atoms with van der Waals surface area (Å²) in [6, 6.07) is 6.52. The second kappa shape index (κ2) is 6.24. The summed E-state index contributed by atoms with van der Waals surface area (Å²) in [5.41, 5.74) is 1.11. The third-order valence-corrected chi connectivity index (χ3v) is 2.51. The van der Waals surface area contributed by atoms with E-state index in [4.69, 9.17) is 5.26 Å². The Labute approximate surface area is 96.3 Å². The van der Waals surface area contributed by atoms with Crippen molar-refractivity contribution >= 4 is 0 Å². The fourth-order valence-corrected chi connectivity index (χ4v) is 1.56. The van der Waals surface area contributed by atoms with Gasteiger partial charge in [-0.1, -0.05) is 13.3 Å². The summed E-state index contributed by atoms with van der Waals surface area (Å²) in [7, 11) is 1.97. The highest BCUT2D eigenvalue weighted by Crippen LogP contribution is 2.12. The van der Waals surface area contributed by atoms with Crippen LogP contribution < -0.4 is 0 Å². The molecule has 0 radical (unpaired) electrons. The Hall–Kier alpha value is -1.40. The number of nitrogens with zero attached hydrogens (tertiary/aromatic N) is 2. The number of benzene rings is 1. The van der Waals surface area contributed by atoms with E-state index in [0.29, 0.717) is 17.7 Å². The molecule has 0 saturated carbocycles. The molecule has 0 aliphatic heterocycles. The van der Waals surface area contributed by atoms with Crippen molar-refractivity contribution in [2.75, 3.05) is 13.6 Å². The highest BCUT2D eigenvalue weighted by atomic mass is 19.1. The molecule has 86 valence electrons. The minimum Gasteiger partial charge on any atom is -0.302 e. The SMILES string of the molecule is CCCCN(C)Cc1cc(C#N)ccc1F. The lowest BCUT2D eigenvalue weighted by Gasteiger charge is -2.16. The molecule has 0 unspecified atom stereocenters. The van der Waals surface area contributed by atoms with Crippen LogP contribution in [0.4, 0.5) is 4.39 Å². The van der Waals surface area contributed by atoms with E-state index in [-0.39, 0.29) is 5.82 Å². The van der Waals surface area contributed by atoms with Gasteiger partial charge in [-0.2, -0.15) is 5.26 Å². The van der Waals surface area contributed by atoms with Gasteiger partial charge in [0.15, 0.2) is 0 Å². The monoisotopic (exact) mass is 220 g/mol. The van der Waals surface area contributed by atoms with E-state index in [9.17, 15) is 4.39 Å². The van der Waals surface area contributed by atoms with E-state index in [1.54, 1.807) is 6.07 Å². The lowest BCUT2D eigenvalue weighted by molar-refractivity contribution is 0.315. The van der Waals surface area contributed by atoms with E-state index < -0.39 is 0 Å². The van der Waals surface area contributed by atoms with E-state index in [1.165, 1.54) is 12.1 Å². The highest BCUT2D eigenvalue weighted by molar-refractivity contribution is 5.33. The first kappa shape index (κ1) is 12.7. The van der Waals surface area contributed by atoms with Gasteiger partial charge in [-0.05, 0) is 38.2 Å². The molecule has 0 saturated heterocycles. The Morgan fingerprint density at radius 3 is 2.81 bits per heavy atom. The van der Waals surface area contributed by atoms with Gasteiger partial charge >= 0.3 is 0 Å². The van der Waals surface area contributed by atoms with Crippen LogP contribution in [0.5, 0.6) is 0 Å². The molecule has 0 aliphatic rings. The molecule has 0 fully saturated rings. The van der Waals surface area contributed by atoms with Gasteiger partial charge in [0.1, 0.15) is 5.82 Å². The Morgan fingerprint density at radius 2 is 2.19 bits per heavy atom. The van der Waals surface area contributed by atoms with Gasteiger partial charge in [-0.3, -0.25) is 0 Å². The Balaban J connectivity index is 2.69. The molecule has 0 aliphatic carbocycles. The number of hydrogen-bond donors (Lipinski definition) is 0. The molecule has 1 rings (SSSR count). The second-order valence-electron chi connectivity index (χ2n) is 4.01. The number of halogens is 1. The first-order valence-corrected chi connectivity index (χ1v) is 5.54. The summed E-state index contributed by atoms with van der Waals surface area (Å²) < 4.78 is 13.5. The van der Waals surface area contributed by atoms with Gasteiger partial charge in [0.2, 0.25) is 0 Å². The maximum atomic E-state index is 13.5. The molecule has 16 heavy (non-hydrogen) atoms. The van der Waals surface area contributed by atoms with Crippen LogP contribution in [-0.4, -0.2) is 18.5 Å². The van der Waals surface area contributed by atoms with Crippen LogP contribution in [0.1, 0.15) is 30.9 Å². The number of rotatable bonds is 5. The van der Waals surface area contributed by atoms with Crippen LogP contribution >= 0.6 is 0 Å². The maximum absolute atomic E-state index is 13.5. The third-order valence-electron chi connectivity index (χ3n) is 2.51. The molecule has 0 amide bonds. The summed E-state index contributed by atoms with van der Waals surface area (Å²) in [6.45, 7) is 3.64. The average Bonchev–Trinajstić information content (AvgIpc) is 2.29. The Kier molecular flexibility index (Phi) is 4.94. The predicted molar refractivity (Wildman–Crippen MR) is 62.4 cm³/mol. The molecule has 1 aromatic carbocycles. The topological polar surface area (TPSA) is 27.0 Å². The lowest BCUT2D eigenvalue weighted by atomic mass is 10.1. The van der Waals surface area contributed by atoms with Crippen LogP contribution in [0.15, 0.2) is 18.2 Å². The fraction of sp³-hybridized carbons (Fsp3) is 0.462. The molecule has 2 nitrogen and oxygen atoms in total. The predicted octanol–water partition coefficient (Wildman–Crippen LogP) is 2.93. The molecule has 3 heteroatoms. The number of nitriles is 1. The van der Waals surface area contributed by atoms with Gasteiger partial charge in [0.25, 0.3) is 0 Å². The molecule has 0 atom stereocenters. The quantitative estimate of drug-likeness (QED) is 0.762. The van der Waals surface area contributed by atoms with Crippen molar-refractivity contribution in [1.29, 1.82) is 5.26 Å². The van der Waals surface area contributed by atoms with E-state index in [0.717, 1.165) is 19.4 Å². The minimum atomic E-state index is -0.234. The Morgan fingerprint density at radius 1 is 1.44 bits per heavy atom. The zero-order valence-electron chi connectivity index (χ0n) is 9.83. The minimum absolute atomic E-state index is 0.234. The van der Waals surface area contributed by atoms with Gasteiger partial charge in [0.05, 0.1) is 11.6 Å². The smallest absolute Gasteiger partial charge is 0.127 e. The van der Waals surface area contributed by atoms with Gasteiger partial charge < -0.3 is 4.90 Å². The van der Waals surface area contributed by atoms with Crippen LogP contribution in [0.2, 0.25) is 0 Å². The summed E-state index contributed by atoms with van der Waals surface area (Å²) in [5.74, 6) is -0.234. The summed E-state index contributed by atoms with van der Waals surface area (Å²) in [6.07, 6.45) is 2.24. The van der Waals surface area contributed by atoms with Crippen molar-refractivity contribution in [3.8, 4) is 6.07 Å².